The molecule has 1 rings (SSSR count). The second-order valence-electron chi connectivity index (χ2n) is 3.46. The normalized spacial score (nSPS) is 12.6. The lowest BCUT2D eigenvalue weighted by Gasteiger charge is -2.13. The molecule has 2 nitrogen and oxygen atoms in total. The van der Waals surface area contributed by atoms with Gasteiger partial charge in [-0.25, -0.2) is 8.78 Å². The van der Waals surface area contributed by atoms with E-state index >= 15 is 0 Å². The molecule has 0 aromatic heterocycles. The van der Waals surface area contributed by atoms with E-state index in [0.717, 1.165) is 0 Å². The van der Waals surface area contributed by atoms with Crippen LogP contribution >= 0.6 is 0 Å². The van der Waals surface area contributed by atoms with Crippen molar-refractivity contribution in [1.82, 2.24) is 0 Å². The molecular formula is C11H15F2NO. The van der Waals surface area contributed by atoms with Crippen LogP contribution in [0.3, 0.4) is 0 Å². The van der Waals surface area contributed by atoms with E-state index in [1.807, 2.05) is 6.92 Å². The standard InChI is InChI=1S/C11H15F2NO/c1-7(5-6-14)8-3-4-9(12)11(15-2)10(8)13/h3-4,7H,5-6,14H2,1-2H3. The number of halogens is 2. The molecule has 0 fully saturated rings. The third-order valence-electron chi connectivity index (χ3n) is 2.41. The second-order valence-corrected chi connectivity index (χ2v) is 3.46. The lowest BCUT2D eigenvalue weighted by Crippen LogP contribution is -2.07. The predicted octanol–water partition coefficient (Wildman–Crippen LogP) is 2.43. The SMILES string of the molecule is COc1c(F)ccc(C(C)CCN)c1F. The molecule has 0 radical (unpaired) electrons. The number of nitrogens with two attached hydrogens (primary N) is 1. The molecular weight excluding hydrogens is 200 g/mol. The van der Waals surface area contributed by atoms with Gasteiger partial charge in [0, 0.05) is 0 Å². The summed E-state index contributed by atoms with van der Waals surface area (Å²) in [6.07, 6.45) is 0.658. The number of hydrogen-bond acceptors (Lipinski definition) is 2. The summed E-state index contributed by atoms with van der Waals surface area (Å²) >= 11 is 0. The molecule has 0 spiro atoms. The molecule has 0 bridgehead atoms. The summed E-state index contributed by atoms with van der Waals surface area (Å²) in [6, 6.07) is 2.65. The molecule has 1 aromatic rings. The van der Waals surface area contributed by atoms with Gasteiger partial charge in [0.05, 0.1) is 7.11 Å². The number of benzene rings is 1. The minimum atomic E-state index is -0.682. The molecule has 0 aliphatic carbocycles. The number of methoxy groups -OCH3 is 1. The largest absolute Gasteiger partial charge is 0.491 e. The first-order chi connectivity index (χ1) is 7.11. The van der Waals surface area contributed by atoms with Crippen LogP contribution in [-0.4, -0.2) is 13.7 Å². The van der Waals surface area contributed by atoms with Crippen molar-refractivity contribution in [2.75, 3.05) is 13.7 Å². The van der Waals surface area contributed by atoms with Gasteiger partial charge in [-0.3, -0.25) is 0 Å². The van der Waals surface area contributed by atoms with Crippen molar-refractivity contribution in [3.05, 3.63) is 29.3 Å². The second kappa shape index (κ2) is 5.07. The van der Waals surface area contributed by atoms with Crippen LogP contribution in [0.4, 0.5) is 8.78 Å². The number of rotatable bonds is 4. The smallest absolute Gasteiger partial charge is 0.190 e. The lowest BCUT2D eigenvalue weighted by atomic mass is 9.97. The molecule has 15 heavy (non-hydrogen) atoms. The summed E-state index contributed by atoms with van der Waals surface area (Å²) in [5.74, 6) is -1.67. The van der Waals surface area contributed by atoms with Crippen molar-refractivity contribution in [1.29, 1.82) is 0 Å². The Balaban J connectivity index is 3.09. The summed E-state index contributed by atoms with van der Waals surface area (Å²) in [4.78, 5) is 0. The molecule has 84 valence electrons. The quantitative estimate of drug-likeness (QED) is 0.837. The Hall–Kier alpha value is -1.16. The van der Waals surface area contributed by atoms with Gasteiger partial charge in [-0.1, -0.05) is 13.0 Å². The first-order valence-electron chi connectivity index (χ1n) is 4.83. The fourth-order valence-electron chi connectivity index (χ4n) is 1.52. The maximum absolute atomic E-state index is 13.7. The van der Waals surface area contributed by atoms with Gasteiger partial charge in [0.25, 0.3) is 0 Å². The summed E-state index contributed by atoms with van der Waals surface area (Å²) < 4.78 is 31.5. The summed E-state index contributed by atoms with van der Waals surface area (Å²) in [6.45, 7) is 2.32. The van der Waals surface area contributed by atoms with E-state index in [0.29, 0.717) is 18.5 Å². The molecule has 1 aromatic carbocycles. The first kappa shape index (κ1) is 11.9. The van der Waals surface area contributed by atoms with Gasteiger partial charge in [-0.05, 0) is 30.5 Å². The molecule has 1 unspecified atom stereocenters. The van der Waals surface area contributed by atoms with Crippen LogP contribution in [0, 0.1) is 11.6 Å². The topological polar surface area (TPSA) is 35.2 Å². The van der Waals surface area contributed by atoms with Crippen LogP contribution in [0.5, 0.6) is 5.75 Å². The van der Waals surface area contributed by atoms with E-state index < -0.39 is 11.6 Å². The Kier molecular flexibility index (Phi) is 4.03. The molecule has 1 atom stereocenters. The monoisotopic (exact) mass is 215 g/mol. The zero-order valence-corrected chi connectivity index (χ0v) is 8.89. The fourth-order valence-corrected chi connectivity index (χ4v) is 1.52. The van der Waals surface area contributed by atoms with E-state index in [1.54, 1.807) is 0 Å². The van der Waals surface area contributed by atoms with Gasteiger partial charge in [0.1, 0.15) is 0 Å². The minimum absolute atomic E-state index is 0.0375. The summed E-state index contributed by atoms with van der Waals surface area (Å²) in [7, 11) is 1.25. The maximum atomic E-state index is 13.7. The maximum Gasteiger partial charge on any atom is 0.190 e. The molecule has 0 aliphatic heterocycles. The highest BCUT2D eigenvalue weighted by Crippen LogP contribution is 2.29. The van der Waals surface area contributed by atoms with E-state index in [4.69, 9.17) is 5.73 Å². The minimum Gasteiger partial charge on any atom is -0.491 e. The van der Waals surface area contributed by atoms with Crippen molar-refractivity contribution in [3.63, 3.8) is 0 Å². The Labute approximate surface area is 88.0 Å². The average Bonchev–Trinajstić information content (AvgIpc) is 2.18. The third-order valence-corrected chi connectivity index (χ3v) is 2.41. The van der Waals surface area contributed by atoms with E-state index in [1.165, 1.54) is 19.2 Å². The van der Waals surface area contributed by atoms with Gasteiger partial charge in [-0.15, -0.1) is 0 Å². The molecule has 0 saturated heterocycles. The Morgan fingerprint density at radius 2 is 2.07 bits per heavy atom. The number of ether oxygens (including phenoxy) is 1. The van der Waals surface area contributed by atoms with Crippen molar-refractivity contribution in [3.8, 4) is 5.75 Å². The van der Waals surface area contributed by atoms with Crippen LogP contribution in [0.25, 0.3) is 0 Å². The molecule has 0 heterocycles. The van der Waals surface area contributed by atoms with Crippen molar-refractivity contribution >= 4 is 0 Å². The molecule has 4 heteroatoms. The Morgan fingerprint density at radius 3 is 2.60 bits per heavy atom. The van der Waals surface area contributed by atoms with E-state index in [-0.39, 0.29) is 11.7 Å². The highest BCUT2D eigenvalue weighted by Gasteiger charge is 2.17. The van der Waals surface area contributed by atoms with Gasteiger partial charge in [0.15, 0.2) is 17.4 Å². The van der Waals surface area contributed by atoms with Gasteiger partial charge < -0.3 is 10.5 Å². The Bertz CT molecular complexity index is 342. The lowest BCUT2D eigenvalue weighted by molar-refractivity contribution is 0.356. The third kappa shape index (κ3) is 2.45. The molecule has 0 aliphatic rings. The average molecular weight is 215 g/mol. The molecule has 2 N–H and O–H groups in total. The highest BCUT2D eigenvalue weighted by molar-refractivity contribution is 5.34. The van der Waals surface area contributed by atoms with Gasteiger partial charge >= 0.3 is 0 Å². The zero-order valence-electron chi connectivity index (χ0n) is 8.89. The van der Waals surface area contributed by atoms with Crippen LogP contribution in [0.1, 0.15) is 24.8 Å². The first-order valence-corrected chi connectivity index (χ1v) is 4.83. The van der Waals surface area contributed by atoms with Crippen LogP contribution in [0.2, 0.25) is 0 Å². The van der Waals surface area contributed by atoms with Crippen LogP contribution in [-0.2, 0) is 0 Å². The van der Waals surface area contributed by atoms with Crippen LogP contribution in [0.15, 0.2) is 12.1 Å². The highest BCUT2D eigenvalue weighted by atomic mass is 19.1. The Morgan fingerprint density at radius 1 is 1.40 bits per heavy atom. The number of hydrogen-bond donors (Lipinski definition) is 1. The molecule has 0 amide bonds. The van der Waals surface area contributed by atoms with Crippen molar-refractivity contribution < 1.29 is 13.5 Å². The van der Waals surface area contributed by atoms with E-state index in [2.05, 4.69) is 4.74 Å². The van der Waals surface area contributed by atoms with Gasteiger partial charge in [0.2, 0.25) is 0 Å². The van der Waals surface area contributed by atoms with Crippen molar-refractivity contribution in [2.24, 2.45) is 5.73 Å². The fraction of sp³-hybridized carbons (Fsp3) is 0.455. The van der Waals surface area contributed by atoms with Crippen LogP contribution < -0.4 is 10.5 Å². The van der Waals surface area contributed by atoms with Crippen molar-refractivity contribution in [2.45, 2.75) is 19.3 Å². The summed E-state index contributed by atoms with van der Waals surface area (Å²) in [5, 5.41) is 0. The van der Waals surface area contributed by atoms with Gasteiger partial charge in [-0.2, -0.15) is 0 Å². The predicted molar refractivity (Wildman–Crippen MR) is 55.0 cm³/mol. The zero-order chi connectivity index (χ0) is 11.4. The van der Waals surface area contributed by atoms with E-state index in [9.17, 15) is 8.78 Å². The molecule has 0 saturated carbocycles. The summed E-state index contributed by atoms with van der Waals surface area (Å²) in [5.41, 5.74) is 5.83.